The van der Waals surface area contributed by atoms with Crippen LogP contribution >= 0.6 is 34.4 Å². The van der Waals surface area contributed by atoms with Crippen LogP contribution in [0.4, 0.5) is 0 Å². The molecular formula is C14H15IN2O2S. The summed E-state index contributed by atoms with van der Waals surface area (Å²) in [5, 5.41) is 9.70. The minimum Gasteiger partial charge on any atom is -0.481 e. The molecule has 1 unspecified atom stereocenters. The molecule has 0 spiro atoms. The first-order chi connectivity index (χ1) is 9.38. The van der Waals surface area contributed by atoms with Gasteiger partial charge >= 0.3 is 5.97 Å². The highest BCUT2D eigenvalue weighted by Gasteiger charge is 2.48. The fraction of sp³-hybridized carbons (Fsp3) is 0.429. The minimum atomic E-state index is -0.807. The number of aromatic nitrogens is 2. The smallest absolute Gasteiger partial charge is 0.313 e. The molecule has 0 aliphatic heterocycles. The van der Waals surface area contributed by atoms with Crippen LogP contribution in [0, 0.1) is 8.99 Å². The number of carbonyl (C=O) groups is 1. The molecule has 0 amide bonds. The standard InChI is InChI=1S/C14H15IN2O2S/c1-14(2)6-11(14)17-10-4-3-8(15)5-9(10)16-13(17)20-7-12(18)19/h3-5,11H,6-7H2,1-2H3,(H,18,19). The highest BCUT2D eigenvalue weighted by molar-refractivity contribution is 14.1. The summed E-state index contributed by atoms with van der Waals surface area (Å²) in [6.07, 6.45) is 1.12. The lowest BCUT2D eigenvalue weighted by molar-refractivity contribution is -0.133. The predicted octanol–water partition coefficient (Wildman–Crippen LogP) is 3.79. The van der Waals surface area contributed by atoms with E-state index < -0.39 is 5.97 Å². The van der Waals surface area contributed by atoms with E-state index in [1.807, 2.05) is 6.07 Å². The summed E-state index contributed by atoms with van der Waals surface area (Å²) < 4.78 is 3.36. The topological polar surface area (TPSA) is 55.1 Å². The van der Waals surface area contributed by atoms with Crippen LogP contribution in [-0.2, 0) is 4.79 Å². The number of hydrogen-bond donors (Lipinski definition) is 1. The van der Waals surface area contributed by atoms with Gasteiger partial charge in [0.15, 0.2) is 5.16 Å². The maximum atomic E-state index is 10.8. The Bertz CT molecular complexity index is 696. The lowest BCUT2D eigenvalue weighted by Gasteiger charge is -2.10. The largest absolute Gasteiger partial charge is 0.481 e. The zero-order valence-electron chi connectivity index (χ0n) is 11.3. The van der Waals surface area contributed by atoms with E-state index >= 15 is 0 Å². The van der Waals surface area contributed by atoms with Gasteiger partial charge in [0.2, 0.25) is 0 Å². The average molecular weight is 402 g/mol. The van der Waals surface area contributed by atoms with E-state index in [2.05, 4.69) is 58.1 Å². The zero-order chi connectivity index (χ0) is 14.5. The summed E-state index contributed by atoms with van der Waals surface area (Å²) in [6, 6.07) is 6.63. The van der Waals surface area contributed by atoms with E-state index in [0.29, 0.717) is 6.04 Å². The molecule has 1 aliphatic carbocycles. The predicted molar refractivity (Wildman–Crippen MR) is 88.2 cm³/mol. The van der Waals surface area contributed by atoms with Crippen LogP contribution in [0.15, 0.2) is 23.4 Å². The quantitative estimate of drug-likeness (QED) is 0.625. The van der Waals surface area contributed by atoms with Crippen molar-refractivity contribution in [3.8, 4) is 0 Å². The number of aliphatic carboxylic acids is 1. The number of imidazole rings is 1. The van der Waals surface area contributed by atoms with E-state index in [4.69, 9.17) is 5.11 Å². The summed E-state index contributed by atoms with van der Waals surface area (Å²) in [5.41, 5.74) is 2.33. The fourth-order valence-electron chi connectivity index (χ4n) is 2.46. The van der Waals surface area contributed by atoms with E-state index in [1.165, 1.54) is 11.8 Å². The Hall–Kier alpha value is -0.760. The lowest BCUT2D eigenvalue weighted by Crippen LogP contribution is -2.04. The number of carboxylic acids is 1. The third-order valence-corrected chi connectivity index (χ3v) is 5.33. The third-order valence-electron chi connectivity index (χ3n) is 3.72. The van der Waals surface area contributed by atoms with Crippen molar-refractivity contribution in [2.75, 3.05) is 5.75 Å². The van der Waals surface area contributed by atoms with E-state index in [0.717, 1.165) is 26.2 Å². The van der Waals surface area contributed by atoms with Gasteiger partial charge in [-0.1, -0.05) is 25.6 Å². The first-order valence-electron chi connectivity index (χ1n) is 6.40. The number of thioether (sulfide) groups is 1. The molecule has 4 nitrogen and oxygen atoms in total. The minimum absolute atomic E-state index is 0.0492. The first-order valence-corrected chi connectivity index (χ1v) is 8.47. The van der Waals surface area contributed by atoms with Crippen LogP contribution in [0.25, 0.3) is 11.0 Å². The molecule has 0 saturated heterocycles. The van der Waals surface area contributed by atoms with E-state index in [-0.39, 0.29) is 11.2 Å². The van der Waals surface area contributed by atoms with Gasteiger partial charge in [-0.3, -0.25) is 4.79 Å². The van der Waals surface area contributed by atoms with E-state index in [9.17, 15) is 4.79 Å². The van der Waals surface area contributed by atoms with Crippen molar-refractivity contribution in [3.63, 3.8) is 0 Å². The fourth-order valence-corrected chi connectivity index (χ4v) is 3.71. The Balaban J connectivity index is 2.07. The Morgan fingerprint density at radius 1 is 1.60 bits per heavy atom. The van der Waals surface area contributed by atoms with Gasteiger partial charge in [0, 0.05) is 9.61 Å². The molecule has 3 rings (SSSR count). The zero-order valence-corrected chi connectivity index (χ0v) is 14.2. The van der Waals surface area contributed by atoms with Crippen LogP contribution in [0.5, 0.6) is 0 Å². The highest BCUT2D eigenvalue weighted by Crippen LogP contribution is 2.57. The van der Waals surface area contributed by atoms with Crippen LogP contribution in [0.1, 0.15) is 26.3 Å². The van der Waals surface area contributed by atoms with Crippen LogP contribution < -0.4 is 0 Å². The summed E-state index contributed by atoms with van der Waals surface area (Å²) in [4.78, 5) is 15.4. The summed E-state index contributed by atoms with van der Waals surface area (Å²) >= 11 is 3.58. The Morgan fingerprint density at radius 2 is 2.30 bits per heavy atom. The van der Waals surface area contributed by atoms with Gasteiger partial charge in [0.05, 0.1) is 16.8 Å². The SMILES string of the molecule is CC1(C)CC1n1c(SCC(=O)O)nc2cc(I)ccc21. The lowest BCUT2D eigenvalue weighted by atomic mass is 10.2. The van der Waals surface area contributed by atoms with Crippen LogP contribution in [-0.4, -0.2) is 26.4 Å². The Morgan fingerprint density at radius 3 is 2.90 bits per heavy atom. The van der Waals surface area contributed by atoms with Gasteiger partial charge in [0.1, 0.15) is 0 Å². The molecule has 0 bridgehead atoms. The second-order valence-corrected chi connectivity index (χ2v) is 7.98. The number of hydrogen-bond acceptors (Lipinski definition) is 3. The van der Waals surface area contributed by atoms with Crippen LogP contribution in [0.2, 0.25) is 0 Å². The molecule has 1 aliphatic rings. The van der Waals surface area contributed by atoms with Crippen molar-refractivity contribution in [1.82, 2.24) is 9.55 Å². The second kappa shape index (κ2) is 4.91. The number of fused-ring (bicyclic) bond motifs is 1. The average Bonchev–Trinajstić information content (AvgIpc) is 2.82. The molecule has 1 saturated carbocycles. The van der Waals surface area contributed by atoms with Crippen molar-refractivity contribution >= 4 is 51.4 Å². The summed E-state index contributed by atoms with van der Waals surface area (Å²) in [7, 11) is 0. The number of nitrogens with zero attached hydrogens (tertiary/aromatic N) is 2. The van der Waals surface area contributed by atoms with Crippen LogP contribution in [0.3, 0.4) is 0 Å². The van der Waals surface area contributed by atoms with Gasteiger partial charge in [-0.15, -0.1) is 0 Å². The summed E-state index contributed by atoms with van der Waals surface area (Å²) in [6.45, 7) is 4.48. The number of benzene rings is 1. The third kappa shape index (κ3) is 2.55. The van der Waals surface area contributed by atoms with Crippen molar-refractivity contribution in [1.29, 1.82) is 0 Å². The molecule has 1 aromatic heterocycles. The van der Waals surface area contributed by atoms with Crippen molar-refractivity contribution < 1.29 is 9.90 Å². The molecule has 1 atom stereocenters. The van der Waals surface area contributed by atoms with Crippen molar-refractivity contribution in [3.05, 3.63) is 21.8 Å². The van der Waals surface area contributed by atoms with Gasteiger partial charge in [0.25, 0.3) is 0 Å². The maximum Gasteiger partial charge on any atom is 0.313 e. The molecule has 20 heavy (non-hydrogen) atoms. The molecule has 0 radical (unpaired) electrons. The van der Waals surface area contributed by atoms with Gasteiger partial charge in [-0.25, -0.2) is 4.98 Å². The molecule has 106 valence electrons. The molecule has 1 fully saturated rings. The first kappa shape index (κ1) is 14.2. The Kier molecular flexibility index (Phi) is 3.48. The van der Waals surface area contributed by atoms with Crippen molar-refractivity contribution in [2.24, 2.45) is 5.41 Å². The number of halogens is 1. The monoisotopic (exact) mass is 402 g/mol. The molecule has 1 heterocycles. The number of carboxylic acid groups (broad SMARTS) is 1. The van der Waals surface area contributed by atoms with Gasteiger partial charge in [-0.2, -0.15) is 0 Å². The molecule has 1 N–H and O–H groups in total. The number of rotatable bonds is 4. The highest BCUT2D eigenvalue weighted by atomic mass is 127. The molecule has 2 aromatic rings. The normalized spacial score (nSPS) is 20.2. The maximum absolute atomic E-state index is 10.8. The molecule has 6 heteroatoms. The second-order valence-electron chi connectivity index (χ2n) is 5.79. The molecule has 1 aromatic carbocycles. The summed E-state index contributed by atoms with van der Waals surface area (Å²) in [5.74, 6) is -0.758. The van der Waals surface area contributed by atoms with E-state index in [1.54, 1.807) is 0 Å². The Labute approximate surface area is 135 Å². The van der Waals surface area contributed by atoms with Gasteiger partial charge in [-0.05, 0) is 52.6 Å². The molecular weight excluding hydrogens is 387 g/mol. The van der Waals surface area contributed by atoms with Crippen molar-refractivity contribution in [2.45, 2.75) is 31.5 Å². The van der Waals surface area contributed by atoms with Gasteiger partial charge < -0.3 is 9.67 Å².